The van der Waals surface area contributed by atoms with Gasteiger partial charge >= 0.3 is 0 Å². The van der Waals surface area contributed by atoms with Gasteiger partial charge in [-0.15, -0.1) is 0 Å². The molecule has 0 aliphatic rings. The Morgan fingerprint density at radius 2 is 1.82 bits per heavy atom. The molecule has 0 aliphatic heterocycles. The van der Waals surface area contributed by atoms with Gasteiger partial charge in [-0.25, -0.2) is 8.78 Å². The summed E-state index contributed by atoms with van der Waals surface area (Å²) in [6.45, 7) is 0. The zero-order chi connectivity index (χ0) is 15.5. The van der Waals surface area contributed by atoms with Crippen molar-refractivity contribution in [2.75, 3.05) is 11.1 Å². The third-order valence-corrected chi connectivity index (χ3v) is 2.73. The molecule has 0 atom stereocenters. The second-order valence-electron chi connectivity index (χ2n) is 4.34. The van der Waals surface area contributed by atoms with Gasteiger partial charge in [0.05, 0.1) is 23.6 Å². The van der Waals surface area contributed by atoms with Gasteiger partial charge in [-0.2, -0.15) is 15.0 Å². The monoisotopic (exact) mass is 300 g/mol. The minimum absolute atomic E-state index is 0.0677. The number of hydrogen-bond donors (Lipinski definition) is 2. The Hall–Kier alpha value is -3.16. The molecule has 0 bridgehead atoms. The first-order chi connectivity index (χ1) is 10.6. The maximum absolute atomic E-state index is 13.8. The van der Waals surface area contributed by atoms with Crippen LogP contribution in [0.4, 0.5) is 26.4 Å². The summed E-state index contributed by atoms with van der Waals surface area (Å²) in [5.74, 6) is -0.927. The van der Waals surface area contributed by atoms with E-state index in [2.05, 4.69) is 25.3 Å². The molecular formula is C14H10F2N6. The maximum Gasteiger partial charge on any atom is 0.232 e. The van der Waals surface area contributed by atoms with Crippen molar-refractivity contribution in [2.24, 2.45) is 0 Å². The molecule has 2 aromatic heterocycles. The van der Waals surface area contributed by atoms with Crippen LogP contribution in [0.1, 0.15) is 0 Å². The fourth-order valence-corrected chi connectivity index (χ4v) is 1.82. The van der Waals surface area contributed by atoms with Crippen LogP contribution < -0.4 is 11.1 Å². The van der Waals surface area contributed by atoms with E-state index in [9.17, 15) is 8.78 Å². The Balaban J connectivity index is 1.98. The average molecular weight is 300 g/mol. The van der Waals surface area contributed by atoms with Gasteiger partial charge in [0.1, 0.15) is 11.6 Å². The highest BCUT2D eigenvalue weighted by atomic mass is 19.1. The standard InChI is InChI=1S/C14H10F2N6/c15-8-5-9(7-18-6-8)19-14-21-12(20-13(17)22-14)10-3-1-2-4-11(10)16/h1-7H,(H3,17,19,20,21,22). The normalized spacial score (nSPS) is 10.5. The third-order valence-electron chi connectivity index (χ3n) is 2.73. The summed E-state index contributed by atoms with van der Waals surface area (Å²) >= 11 is 0. The number of nitrogen functional groups attached to an aromatic ring is 1. The second-order valence-corrected chi connectivity index (χ2v) is 4.34. The summed E-state index contributed by atoms with van der Waals surface area (Å²) in [7, 11) is 0. The number of nitrogens with zero attached hydrogens (tertiary/aromatic N) is 4. The van der Waals surface area contributed by atoms with Crippen molar-refractivity contribution in [3.63, 3.8) is 0 Å². The van der Waals surface area contributed by atoms with Crippen LogP contribution in [0.3, 0.4) is 0 Å². The average Bonchev–Trinajstić information content (AvgIpc) is 2.47. The van der Waals surface area contributed by atoms with Crippen molar-refractivity contribution in [3.05, 3.63) is 54.4 Å². The number of nitrogens with two attached hydrogens (primary N) is 1. The number of hydrogen-bond acceptors (Lipinski definition) is 6. The first kappa shape index (κ1) is 13.8. The van der Waals surface area contributed by atoms with Gasteiger partial charge in [-0.3, -0.25) is 4.98 Å². The zero-order valence-corrected chi connectivity index (χ0v) is 11.2. The molecular weight excluding hydrogens is 290 g/mol. The Bertz CT molecular complexity index is 824. The van der Waals surface area contributed by atoms with Crippen LogP contribution in [0.15, 0.2) is 42.7 Å². The molecule has 0 spiro atoms. The fourth-order valence-electron chi connectivity index (χ4n) is 1.82. The van der Waals surface area contributed by atoms with E-state index >= 15 is 0 Å². The lowest BCUT2D eigenvalue weighted by Gasteiger charge is -2.07. The van der Waals surface area contributed by atoms with Crippen LogP contribution in [0.5, 0.6) is 0 Å². The molecule has 3 aromatic rings. The summed E-state index contributed by atoms with van der Waals surface area (Å²) in [4.78, 5) is 15.6. The van der Waals surface area contributed by atoms with Crippen molar-refractivity contribution < 1.29 is 8.78 Å². The number of anilines is 3. The largest absolute Gasteiger partial charge is 0.368 e. The van der Waals surface area contributed by atoms with Gasteiger partial charge in [0.2, 0.25) is 11.9 Å². The predicted octanol–water partition coefficient (Wildman–Crippen LogP) is 2.54. The topological polar surface area (TPSA) is 89.6 Å². The molecule has 1 aromatic carbocycles. The Morgan fingerprint density at radius 3 is 2.59 bits per heavy atom. The fraction of sp³-hybridized carbons (Fsp3) is 0. The molecule has 0 unspecified atom stereocenters. The van der Waals surface area contributed by atoms with Gasteiger partial charge in [-0.1, -0.05) is 12.1 Å². The summed E-state index contributed by atoms with van der Waals surface area (Å²) in [6.07, 6.45) is 2.46. The van der Waals surface area contributed by atoms with Gasteiger partial charge in [0.15, 0.2) is 5.82 Å². The van der Waals surface area contributed by atoms with E-state index in [-0.39, 0.29) is 23.3 Å². The molecule has 22 heavy (non-hydrogen) atoms. The molecule has 2 heterocycles. The van der Waals surface area contributed by atoms with Crippen molar-refractivity contribution in [2.45, 2.75) is 0 Å². The molecule has 110 valence electrons. The first-order valence-corrected chi connectivity index (χ1v) is 6.26. The molecule has 6 nitrogen and oxygen atoms in total. The molecule has 3 rings (SSSR count). The lowest BCUT2D eigenvalue weighted by molar-refractivity contribution is 0.622. The summed E-state index contributed by atoms with van der Waals surface area (Å²) in [6, 6.07) is 7.25. The summed E-state index contributed by atoms with van der Waals surface area (Å²) < 4.78 is 26.9. The van der Waals surface area contributed by atoms with E-state index in [1.54, 1.807) is 12.1 Å². The van der Waals surface area contributed by atoms with Gasteiger partial charge < -0.3 is 11.1 Å². The number of nitrogens with one attached hydrogen (secondary N) is 1. The van der Waals surface area contributed by atoms with E-state index in [1.807, 2.05) is 0 Å². The molecule has 0 amide bonds. The van der Waals surface area contributed by atoms with E-state index < -0.39 is 11.6 Å². The van der Waals surface area contributed by atoms with E-state index in [0.717, 1.165) is 6.20 Å². The van der Waals surface area contributed by atoms with Crippen LogP contribution in [0.25, 0.3) is 11.4 Å². The van der Waals surface area contributed by atoms with Crippen molar-refractivity contribution >= 4 is 17.6 Å². The molecule has 0 radical (unpaired) electrons. The smallest absolute Gasteiger partial charge is 0.232 e. The molecule has 0 saturated heterocycles. The molecule has 0 aliphatic carbocycles. The quantitative estimate of drug-likeness (QED) is 0.772. The molecule has 0 fully saturated rings. The van der Waals surface area contributed by atoms with E-state index in [1.165, 1.54) is 24.4 Å². The number of aromatic nitrogens is 4. The first-order valence-electron chi connectivity index (χ1n) is 6.26. The van der Waals surface area contributed by atoms with Crippen molar-refractivity contribution in [1.82, 2.24) is 19.9 Å². The van der Waals surface area contributed by atoms with E-state index in [4.69, 9.17) is 5.73 Å². The predicted molar refractivity (Wildman–Crippen MR) is 77.1 cm³/mol. The number of benzene rings is 1. The van der Waals surface area contributed by atoms with Gasteiger partial charge in [-0.05, 0) is 12.1 Å². The maximum atomic E-state index is 13.8. The SMILES string of the molecule is Nc1nc(Nc2cncc(F)c2)nc(-c2ccccc2F)n1. The highest BCUT2D eigenvalue weighted by Crippen LogP contribution is 2.21. The van der Waals surface area contributed by atoms with Crippen LogP contribution in [-0.4, -0.2) is 19.9 Å². The highest BCUT2D eigenvalue weighted by Gasteiger charge is 2.11. The molecule has 3 N–H and O–H groups in total. The van der Waals surface area contributed by atoms with Crippen molar-refractivity contribution in [1.29, 1.82) is 0 Å². The highest BCUT2D eigenvalue weighted by molar-refractivity contribution is 5.60. The number of rotatable bonds is 3. The lowest BCUT2D eigenvalue weighted by atomic mass is 10.2. The van der Waals surface area contributed by atoms with E-state index in [0.29, 0.717) is 5.69 Å². The minimum Gasteiger partial charge on any atom is -0.368 e. The Morgan fingerprint density at radius 1 is 1.00 bits per heavy atom. The molecule has 0 saturated carbocycles. The Labute approximate surface area is 124 Å². The third kappa shape index (κ3) is 2.95. The number of halogens is 2. The van der Waals surface area contributed by atoms with Crippen molar-refractivity contribution in [3.8, 4) is 11.4 Å². The van der Waals surface area contributed by atoms with Gasteiger partial charge in [0.25, 0.3) is 0 Å². The number of pyridine rings is 1. The van der Waals surface area contributed by atoms with Crippen LogP contribution in [0.2, 0.25) is 0 Å². The summed E-state index contributed by atoms with van der Waals surface area (Å²) in [5.41, 5.74) is 6.15. The van der Waals surface area contributed by atoms with Crippen LogP contribution in [-0.2, 0) is 0 Å². The lowest BCUT2D eigenvalue weighted by Crippen LogP contribution is -2.05. The second kappa shape index (κ2) is 5.68. The zero-order valence-electron chi connectivity index (χ0n) is 11.2. The van der Waals surface area contributed by atoms with Crippen LogP contribution in [0, 0.1) is 11.6 Å². The van der Waals surface area contributed by atoms with Gasteiger partial charge in [0, 0.05) is 6.07 Å². The summed E-state index contributed by atoms with van der Waals surface area (Å²) in [5, 5.41) is 2.75. The minimum atomic E-state index is -0.513. The molecule has 8 heteroatoms. The van der Waals surface area contributed by atoms with Crippen LogP contribution >= 0.6 is 0 Å². The Kier molecular flexibility index (Phi) is 3.57.